The van der Waals surface area contributed by atoms with Crippen molar-refractivity contribution in [1.82, 2.24) is 5.32 Å². The highest BCUT2D eigenvalue weighted by Crippen LogP contribution is 2.17. The van der Waals surface area contributed by atoms with Gasteiger partial charge >= 0.3 is 0 Å². The van der Waals surface area contributed by atoms with Gasteiger partial charge in [-0.25, -0.2) is 0 Å². The summed E-state index contributed by atoms with van der Waals surface area (Å²) >= 11 is 11.0. The molecule has 1 N–H and O–H groups in total. The Kier molecular flexibility index (Phi) is 7.95. The Labute approximate surface area is 160 Å². The van der Waals surface area contributed by atoms with Crippen molar-refractivity contribution >= 4 is 45.2 Å². The molecule has 0 unspecified atom stereocenters. The van der Waals surface area contributed by atoms with Gasteiger partial charge < -0.3 is 10.1 Å². The van der Waals surface area contributed by atoms with Gasteiger partial charge in [0.05, 0.1) is 0 Å². The lowest BCUT2D eigenvalue weighted by molar-refractivity contribution is -0.127. The first-order valence-corrected chi connectivity index (χ1v) is 9.89. The second-order valence-corrected chi connectivity index (χ2v) is 7.64. The van der Waals surface area contributed by atoms with Crippen molar-refractivity contribution in [2.24, 2.45) is 0 Å². The summed E-state index contributed by atoms with van der Waals surface area (Å²) in [5, 5.41) is 3.64. The van der Waals surface area contributed by atoms with E-state index in [4.69, 9.17) is 16.3 Å². The van der Waals surface area contributed by atoms with E-state index in [-0.39, 0.29) is 5.91 Å². The summed E-state index contributed by atoms with van der Waals surface area (Å²) in [6, 6.07) is 15.2. The lowest BCUT2D eigenvalue weighted by Gasteiger charge is -2.14. The summed E-state index contributed by atoms with van der Waals surface area (Å²) in [6.07, 6.45) is -0.521. The zero-order valence-corrected chi connectivity index (χ0v) is 16.5. The summed E-state index contributed by atoms with van der Waals surface area (Å²) in [7, 11) is 0. The molecule has 6 heteroatoms. The van der Waals surface area contributed by atoms with Crippen molar-refractivity contribution in [3.05, 3.63) is 63.6 Å². The van der Waals surface area contributed by atoms with Crippen molar-refractivity contribution in [1.29, 1.82) is 0 Å². The number of rotatable bonds is 8. The molecule has 2 aromatic carbocycles. The highest BCUT2D eigenvalue weighted by Gasteiger charge is 2.13. The number of ether oxygens (including phenoxy) is 1. The van der Waals surface area contributed by atoms with E-state index in [9.17, 15) is 4.79 Å². The average Bonchev–Trinajstić information content (AvgIpc) is 2.58. The van der Waals surface area contributed by atoms with Crippen LogP contribution in [-0.4, -0.2) is 24.3 Å². The Morgan fingerprint density at radius 1 is 1.21 bits per heavy atom. The zero-order valence-electron chi connectivity index (χ0n) is 13.3. The van der Waals surface area contributed by atoms with E-state index in [0.29, 0.717) is 12.3 Å². The molecule has 0 bridgehead atoms. The molecule has 3 nitrogen and oxygen atoms in total. The smallest absolute Gasteiger partial charge is 0.260 e. The molecule has 24 heavy (non-hydrogen) atoms. The highest BCUT2D eigenvalue weighted by molar-refractivity contribution is 9.10. The number of thioether (sulfide) groups is 1. The van der Waals surface area contributed by atoms with Gasteiger partial charge in [-0.05, 0) is 48.9 Å². The van der Waals surface area contributed by atoms with E-state index in [1.54, 1.807) is 18.7 Å². The molecule has 0 saturated carbocycles. The van der Waals surface area contributed by atoms with Crippen LogP contribution in [0.3, 0.4) is 0 Å². The summed E-state index contributed by atoms with van der Waals surface area (Å²) in [4.78, 5) is 12.0. The molecule has 0 radical (unpaired) electrons. The minimum absolute atomic E-state index is 0.106. The number of amides is 1. The first-order valence-electron chi connectivity index (χ1n) is 7.57. The third-order valence-electron chi connectivity index (χ3n) is 3.22. The maximum Gasteiger partial charge on any atom is 0.260 e. The Morgan fingerprint density at radius 2 is 1.88 bits per heavy atom. The molecule has 0 saturated heterocycles. The van der Waals surface area contributed by atoms with Crippen molar-refractivity contribution in [2.45, 2.75) is 18.8 Å². The molecule has 1 atom stereocenters. The fourth-order valence-corrected chi connectivity index (χ4v) is 3.14. The Bertz CT molecular complexity index is 649. The molecule has 0 heterocycles. The Hall–Kier alpha value is -1.17. The Morgan fingerprint density at radius 3 is 2.54 bits per heavy atom. The summed E-state index contributed by atoms with van der Waals surface area (Å²) in [6.45, 7) is 2.36. The SMILES string of the molecule is C[C@@H](Oc1ccc(Br)cc1)C(=O)NCCSCc1ccc(Cl)cc1. The third-order valence-corrected chi connectivity index (χ3v) is 5.03. The van der Waals surface area contributed by atoms with Gasteiger partial charge in [0, 0.05) is 27.5 Å². The van der Waals surface area contributed by atoms with Crippen LogP contribution >= 0.6 is 39.3 Å². The standard InChI is InChI=1S/C18H19BrClNO2S/c1-13(23-17-8-4-15(19)5-9-17)18(22)21-10-11-24-12-14-2-6-16(20)7-3-14/h2-9,13H,10-12H2,1H3,(H,21,22)/t13-/m1/s1. The van der Waals surface area contributed by atoms with Crippen molar-refractivity contribution in [2.75, 3.05) is 12.3 Å². The molecule has 0 fully saturated rings. The molecule has 2 rings (SSSR count). The van der Waals surface area contributed by atoms with Gasteiger partial charge in [0.1, 0.15) is 5.75 Å². The van der Waals surface area contributed by atoms with Gasteiger partial charge in [-0.3, -0.25) is 4.79 Å². The van der Waals surface area contributed by atoms with E-state index in [1.165, 1.54) is 5.56 Å². The lowest BCUT2D eigenvalue weighted by atomic mass is 10.2. The van der Waals surface area contributed by atoms with Gasteiger partial charge in [-0.1, -0.05) is 39.7 Å². The maximum atomic E-state index is 12.0. The summed E-state index contributed by atoms with van der Waals surface area (Å²) in [5.41, 5.74) is 1.22. The fraction of sp³-hybridized carbons (Fsp3) is 0.278. The molecule has 1 amide bonds. The second kappa shape index (κ2) is 9.97. The van der Waals surface area contributed by atoms with Crippen LogP contribution in [0.15, 0.2) is 53.0 Å². The number of carbonyl (C=O) groups excluding carboxylic acids is 1. The lowest BCUT2D eigenvalue weighted by Crippen LogP contribution is -2.37. The predicted molar refractivity (Wildman–Crippen MR) is 105 cm³/mol. The molecular formula is C18H19BrClNO2S. The van der Waals surface area contributed by atoms with Crippen LogP contribution < -0.4 is 10.1 Å². The molecular weight excluding hydrogens is 410 g/mol. The number of hydrogen-bond acceptors (Lipinski definition) is 3. The monoisotopic (exact) mass is 427 g/mol. The molecule has 0 aliphatic rings. The number of halogens is 2. The van der Waals surface area contributed by atoms with Crippen LogP contribution in [0.1, 0.15) is 12.5 Å². The second-order valence-electron chi connectivity index (χ2n) is 5.18. The first kappa shape index (κ1) is 19.2. The summed E-state index contributed by atoms with van der Waals surface area (Å²) in [5.74, 6) is 2.32. The molecule has 0 aromatic heterocycles. The largest absolute Gasteiger partial charge is 0.481 e. The van der Waals surface area contributed by atoms with Crippen LogP contribution in [0, 0.1) is 0 Å². The topological polar surface area (TPSA) is 38.3 Å². The van der Waals surface area contributed by atoms with Gasteiger partial charge in [-0.2, -0.15) is 11.8 Å². The van der Waals surface area contributed by atoms with E-state index >= 15 is 0 Å². The Balaban J connectivity index is 1.63. The number of nitrogens with one attached hydrogen (secondary N) is 1. The quantitative estimate of drug-likeness (QED) is 0.607. The van der Waals surface area contributed by atoms with Crippen LogP contribution in [0.5, 0.6) is 5.75 Å². The predicted octanol–water partition coefficient (Wildman–Crippen LogP) is 4.92. The van der Waals surface area contributed by atoms with Crippen molar-refractivity contribution in [3.8, 4) is 5.75 Å². The number of benzene rings is 2. The summed E-state index contributed by atoms with van der Waals surface area (Å²) < 4.78 is 6.59. The van der Waals surface area contributed by atoms with Gasteiger partial charge in [-0.15, -0.1) is 0 Å². The highest BCUT2D eigenvalue weighted by atomic mass is 79.9. The minimum atomic E-state index is -0.521. The van der Waals surface area contributed by atoms with E-state index in [0.717, 1.165) is 21.0 Å². The van der Waals surface area contributed by atoms with Crippen LogP contribution in [-0.2, 0) is 10.5 Å². The van der Waals surface area contributed by atoms with Gasteiger partial charge in [0.25, 0.3) is 5.91 Å². The van der Waals surface area contributed by atoms with Crippen molar-refractivity contribution < 1.29 is 9.53 Å². The normalized spacial score (nSPS) is 11.8. The zero-order chi connectivity index (χ0) is 17.4. The van der Waals surface area contributed by atoms with Crippen molar-refractivity contribution in [3.63, 3.8) is 0 Å². The maximum absolute atomic E-state index is 12.0. The average molecular weight is 429 g/mol. The molecule has 0 aliphatic heterocycles. The van der Waals surface area contributed by atoms with E-state index < -0.39 is 6.10 Å². The third kappa shape index (κ3) is 6.75. The van der Waals surface area contributed by atoms with Crippen LogP contribution in [0.25, 0.3) is 0 Å². The van der Waals surface area contributed by atoms with Gasteiger partial charge in [0.2, 0.25) is 0 Å². The fourth-order valence-electron chi connectivity index (χ4n) is 1.93. The molecule has 0 spiro atoms. The first-order chi connectivity index (χ1) is 11.5. The van der Waals surface area contributed by atoms with Crippen LogP contribution in [0.4, 0.5) is 0 Å². The number of carbonyl (C=O) groups is 1. The molecule has 128 valence electrons. The molecule has 2 aromatic rings. The van der Waals surface area contributed by atoms with Gasteiger partial charge in [0.15, 0.2) is 6.10 Å². The van der Waals surface area contributed by atoms with Crippen LogP contribution in [0.2, 0.25) is 5.02 Å². The van der Waals surface area contributed by atoms with E-state index in [1.807, 2.05) is 48.5 Å². The molecule has 0 aliphatic carbocycles. The number of hydrogen-bond donors (Lipinski definition) is 1. The van der Waals surface area contributed by atoms with E-state index in [2.05, 4.69) is 21.2 Å². The minimum Gasteiger partial charge on any atom is -0.481 e.